The topological polar surface area (TPSA) is 72.5 Å². The molecule has 0 aromatic carbocycles. The Morgan fingerprint density at radius 3 is 2.47 bits per heavy atom. The molecule has 0 fully saturated rings. The van der Waals surface area contributed by atoms with Gasteiger partial charge in [0, 0.05) is 23.5 Å². The maximum Gasteiger partial charge on any atom is 0.329 e. The summed E-state index contributed by atoms with van der Waals surface area (Å²) in [6.45, 7) is 3.38. The molecule has 0 radical (unpaired) electrons. The number of methoxy groups -OCH3 is 1. The first-order valence-electron chi connectivity index (χ1n) is 5.71. The lowest BCUT2D eigenvalue weighted by atomic mass is 10.3. The molecule has 0 spiro atoms. The second-order valence-corrected chi connectivity index (χ2v) is 5.42. The number of carbonyl (C=O) groups excluding carboxylic acids is 2. The van der Waals surface area contributed by atoms with Crippen LogP contribution in [0.3, 0.4) is 0 Å². The van der Waals surface area contributed by atoms with E-state index < -0.39 is 22.8 Å². The van der Waals surface area contributed by atoms with Crippen LogP contribution < -0.4 is 5.32 Å². The van der Waals surface area contributed by atoms with E-state index in [0.717, 1.165) is 19.3 Å². The Kier molecular flexibility index (Phi) is 8.66. The van der Waals surface area contributed by atoms with Crippen molar-refractivity contribution in [2.75, 3.05) is 18.6 Å². The molecule has 2 unspecified atom stereocenters. The van der Waals surface area contributed by atoms with Gasteiger partial charge in [-0.3, -0.25) is 9.00 Å². The van der Waals surface area contributed by atoms with Crippen LogP contribution in [-0.2, 0) is 25.1 Å². The lowest BCUT2D eigenvalue weighted by Gasteiger charge is -2.14. The molecule has 0 aliphatic rings. The number of hydrogen-bond acceptors (Lipinski definition) is 4. The van der Waals surface area contributed by atoms with Crippen molar-refractivity contribution < 1.29 is 18.5 Å². The highest BCUT2D eigenvalue weighted by Gasteiger charge is 2.22. The van der Waals surface area contributed by atoms with Gasteiger partial charge in [0.15, 0.2) is 0 Å². The Bertz CT molecular complexity index is 281. The van der Waals surface area contributed by atoms with Crippen LogP contribution in [0.5, 0.6) is 0 Å². The van der Waals surface area contributed by atoms with Crippen LogP contribution in [0.2, 0.25) is 0 Å². The molecule has 0 heterocycles. The van der Waals surface area contributed by atoms with Crippen molar-refractivity contribution >= 4 is 22.7 Å². The van der Waals surface area contributed by atoms with Crippen molar-refractivity contribution in [1.29, 1.82) is 0 Å². The Morgan fingerprint density at radius 1 is 1.35 bits per heavy atom. The summed E-state index contributed by atoms with van der Waals surface area (Å²) in [7, 11) is 0.141. The van der Waals surface area contributed by atoms with Gasteiger partial charge in [-0.2, -0.15) is 0 Å². The number of ether oxygens (including phenoxy) is 1. The van der Waals surface area contributed by atoms with Crippen molar-refractivity contribution in [3.05, 3.63) is 0 Å². The van der Waals surface area contributed by atoms with Gasteiger partial charge in [0.1, 0.15) is 6.04 Å². The van der Waals surface area contributed by atoms with Crippen molar-refractivity contribution in [1.82, 2.24) is 5.32 Å². The van der Waals surface area contributed by atoms with Gasteiger partial charge < -0.3 is 10.1 Å². The van der Waals surface area contributed by atoms with Crippen molar-refractivity contribution in [2.24, 2.45) is 0 Å². The maximum absolute atomic E-state index is 11.7. The molecule has 0 bridgehead atoms. The predicted molar refractivity (Wildman–Crippen MR) is 67.0 cm³/mol. The first kappa shape index (κ1) is 16.1. The highest BCUT2D eigenvalue weighted by atomic mass is 32.2. The molecule has 1 N–H and O–H groups in total. The van der Waals surface area contributed by atoms with Gasteiger partial charge in [0.2, 0.25) is 5.91 Å². The number of hydrogen-bond donors (Lipinski definition) is 1. The molecule has 0 rings (SSSR count). The molecule has 1 amide bonds. The highest BCUT2D eigenvalue weighted by Crippen LogP contribution is 2.00. The van der Waals surface area contributed by atoms with Gasteiger partial charge in [-0.1, -0.05) is 19.8 Å². The van der Waals surface area contributed by atoms with E-state index in [9.17, 15) is 13.8 Å². The van der Waals surface area contributed by atoms with E-state index in [1.54, 1.807) is 0 Å². The predicted octanol–water partition coefficient (Wildman–Crippen LogP) is 0.603. The first-order chi connectivity index (χ1) is 8.01. The highest BCUT2D eigenvalue weighted by molar-refractivity contribution is 7.85. The zero-order valence-corrected chi connectivity index (χ0v) is 11.5. The van der Waals surface area contributed by atoms with Crippen LogP contribution in [0, 0.1) is 0 Å². The van der Waals surface area contributed by atoms with Crippen LogP contribution in [0.15, 0.2) is 0 Å². The molecule has 100 valence electrons. The van der Waals surface area contributed by atoms with E-state index in [0.29, 0.717) is 5.75 Å². The second kappa shape index (κ2) is 9.15. The molecule has 0 saturated heterocycles. The van der Waals surface area contributed by atoms with Gasteiger partial charge in [-0.05, 0) is 6.42 Å². The summed E-state index contributed by atoms with van der Waals surface area (Å²) in [4.78, 5) is 22.2. The number of esters is 1. The molecule has 0 aliphatic carbocycles. The summed E-state index contributed by atoms with van der Waals surface area (Å²) in [5.41, 5.74) is 0. The molecule has 0 aromatic rings. The van der Waals surface area contributed by atoms with E-state index in [2.05, 4.69) is 17.0 Å². The summed E-state index contributed by atoms with van der Waals surface area (Å²) in [5, 5.41) is 2.45. The average Bonchev–Trinajstić information content (AvgIpc) is 2.27. The molecule has 0 aromatic heterocycles. The summed E-state index contributed by atoms with van der Waals surface area (Å²) in [6.07, 6.45) is 2.95. The molecule has 0 aliphatic heterocycles. The van der Waals surface area contributed by atoms with Gasteiger partial charge >= 0.3 is 5.97 Å². The van der Waals surface area contributed by atoms with Gasteiger partial charge in [-0.25, -0.2) is 4.79 Å². The van der Waals surface area contributed by atoms with Crippen LogP contribution in [0.1, 0.15) is 33.1 Å². The average molecular weight is 263 g/mol. The third-order valence-corrected chi connectivity index (χ3v) is 3.64. The van der Waals surface area contributed by atoms with Gasteiger partial charge in [-0.15, -0.1) is 0 Å². The van der Waals surface area contributed by atoms with E-state index in [1.165, 1.54) is 14.0 Å². The minimum absolute atomic E-state index is 0.121. The lowest BCUT2D eigenvalue weighted by molar-refractivity contribution is -0.144. The maximum atomic E-state index is 11.7. The van der Waals surface area contributed by atoms with E-state index in [-0.39, 0.29) is 11.7 Å². The third-order valence-electron chi connectivity index (χ3n) is 2.19. The fraction of sp³-hybridized carbons (Fsp3) is 0.818. The minimum Gasteiger partial charge on any atom is -0.467 e. The van der Waals surface area contributed by atoms with Crippen molar-refractivity contribution in [2.45, 2.75) is 39.2 Å². The molecule has 6 heteroatoms. The largest absolute Gasteiger partial charge is 0.467 e. The van der Waals surface area contributed by atoms with Crippen LogP contribution in [0.4, 0.5) is 0 Å². The Labute approximate surface area is 105 Å². The normalized spacial score (nSPS) is 13.8. The zero-order valence-electron chi connectivity index (χ0n) is 10.7. The summed E-state index contributed by atoms with van der Waals surface area (Å²) < 4.78 is 16.2. The molecular formula is C11H21NO4S. The SMILES string of the molecule is CCCCCS(=O)CC(NC(C)=O)C(=O)OC. The first-order valence-corrected chi connectivity index (χ1v) is 7.20. The number of unbranched alkanes of at least 4 members (excludes halogenated alkanes) is 2. The van der Waals surface area contributed by atoms with Crippen LogP contribution >= 0.6 is 0 Å². The Balaban J connectivity index is 4.18. The minimum atomic E-state index is -1.11. The van der Waals surface area contributed by atoms with Crippen molar-refractivity contribution in [3.63, 3.8) is 0 Å². The van der Waals surface area contributed by atoms with Crippen LogP contribution in [-0.4, -0.2) is 40.7 Å². The van der Waals surface area contributed by atoms with Gasteiger partial charge in [0.05, 0.1) is 12.9 Å². The van der Waals surface area contributed by atoms with E-state index >= 15 is 0 Å². The van der Waals surface area contributed by atoms with Crippen LogP contribution in [0.25, 0.3) is 0 Å². The fourth-order valence-electron chi connectivity index (χ4n) is 1.34. The zero-order chi connectivity index (χ0) is 13.3. The Hall–Kier alpha value is -0.910. The van der Waals surface area contributed by atoms with E-state index in [1.807, 2.05) is 0 Å². The molecule has 0 saturated carbocycles. The number of nitrogens with one attached hydrogen (secondary N) is 1. The smallest absolute Gasteiger partial charge is 0.329 e. The lowest BCUT2D eigenvalue weighted by Crippen LogP contribution is -2.44. The quantitative estimate of drug-likeness (QED) is 0.514. The third kappa shape index (κ3) is 7.90. The Morgan fingerprint density at radius 2 is 2.00 bits per heavy atom. The summed E-state index contributed by atoms with van der Waals surface area (Å²) in [6, 6.07) is -0.806. The number of rotatable bonds is 8. The molecule has 5 nitrogen and oxygen atoms in total. The fourth-order valence-corrected chi connectivity index (χ4v) is 2.62. The van der Waals surface area contributed by atoms with Gasteiger partial charge in [0.25, 0.3) is 0 Å². The standard InChI is InChI=1S/C11H21NO4S/c1-4-5-6-7-17(15)8-10(11(14)16-3)12-9(2)13/h10H,4-8H2,1-3H3,(H,12,13). The summed E-state index contributed by atoms with van der Waals surface area (Å²) >= 11 is 0. The number of carbonyl (C=O) groups is 2. The molecule has 2 atom stereocenters. The molecule has 17 heavy (non-hydrogen) atoms. The second-order valence-electron chi connectivity index (χ2n) is 3.79. The summed E-state index contributed by atoms with van der Waals surface area (Å²) in [5.74, 6) is -0.202. The monoisotopic (exact) mass is 263 g/mol. The number of amides is 1. The molecular weight excluding hydrogens is 242 g/mol. The van der Waals surface area contributed by atoms with E-state index in [4.69, 9.17) is 0 Å². The van der Waals surface area contributed by atoms with Crippen molar-refractivity contribution in [3.8, 4) is 0 Å².